The minimum atomic E-state index is -2.91. The highest BCUT2D eigenvalue weighted by Crippen LogP contribution is 2.29. The van der Waals surface area contributed by atoms with Gasteiger partial charge in [0, 0.05) is 6.07 Å². The molecule has 0 aliphatic carbocycles. The molecule has 0 aliphatic heterocycles. The topological polar surface area (TPSA) is 56.8 Å². The quantitative estimate of drug-likeness (QED) is 0.610. The minimum absolute atomic E-state index is 0.00600. The van der Waals surface area contributed by atoms with Crippen molar-refractivity contribution in [2.75, 3.05) is 19.0 Å². The fourth-order valence-corrected chi connectivity index (χ4v) is 2.40. The number of rotatable bonds is 10. The Morgan fingerprint density at radius 2 is 1.96 bits per heavy atom. The number of amides is 1. The first kappa shape index (κ1) is 20.5. The van der Waals surface area contributed by atoms with Gasteiger partial charge in [-0.15, -0.1) is 0 Å². The van der Waals surface area contributed by atoms with Gasteiger partial charge in [-0.05, 0) is 36.2 Å². The summed E-state index contributed by atoms with van der Waals surface area (Å²) in [5.41, 5.74) is 1.05. The Morgan fingerprint density at radius 1 is 1.15 bits per heavy atom. The molecule has 1 amide bonds. The molecular formula is C20H23F2NO4. The SMILES string of the molecule is CCCCOc1ccc(OC)cc1NC(=O)Cc1cccc(OC(F)F)c1. The number of hydrogen-bond donors (Lipinski definition) is 1. The smallest absolute Gasteiger partial charge is 0.387 e. The van der Waals surface area contributed by atoms with Gasteiger partial charge in [-0.1, -0.05) is 25.5 Å². The zero-order chi connectivity index (χ0) is 19.6. The van der Waals surface area contributed by atoms with Crippen LogP contribution in [0.5, 0.6) is 17.2 Å². The summed E-state index contributed by atoms with van der Waals surface area (Å²) in [7, 11) is 1.53. The highest BCUT2D eigenvalue weighted by atomic mass is 19.3. The number of benzene rings is 2. The van der Waals surface area contributed by atoms with Gasteiger partial charge in [0.05, 0.1) is 25.8 Å². The van der Waals surface area contributed by atoms with Crippen LogP contribution >= 0.6 is 0 Å². The third-order valence-corrected chi connectivity index (χ3v) is 3.70. The number of methoxy groups -OCH3 is 1. The number of nitrogens with one attached hydrogen (secondary N) is 1. The van der Waals surface area contributed by atoms with Crippen molar-refractivity contribution in [1.82, 2.24) is 0 Å². The number of anilines is 1. The predicted molar refractivity (Wildman–Crippen MR) is 98.8 cm³/mol. The lowest BCUT2D eigenvalue weighted by molar-refractivity contribution is -0.115. The lowest BCUT2D eigenvalue weighted by atomic mass is 10.1. The van der Waals surface area contributed by atoms with Crippen molar-refractivity contribution in [3.8, 4) is 17.2 Å². The van der Waals surface area contributed by atoms with E-state index in [1.165, 1.54) is 19.2 Å². The largest absolute Gasteiger partial charge is 0.497 e. The van der Waals surface area contributed by atoms with Gasteiger partial charge in [-0.2, -0.15) is 8.78 Å². The molecule has 1 N–H and O–H groups in total. The number of carbonyl (C=O) groups excluding carboxylic acids is 1. The molecule has 0 unspecified atom stereocenters. The van der Waals surface area contributed by atoms with E-state index in [9.17, 15) is 13.6 Å². The Labute approximate surface area is 157 Å². The number of alkyl halides is 2. The second-order valence-electron chi connectivity index (χ2n) is 5.81. The molecule has 146 valence electrons. The summed E-state index contributed by atoms with van der Waals surface area (Å²) in [6.45, 7) is -0.307. The van der Waals surface area contributed by atoms with Crippen molar-refractivity contribution in [1.29, 1.82) is 0 Å². The monoisotopic (exact) mass is 379 g/mol. The third-order valence-electron chi connectivity index (χ3n) is 3.70. The lowest BCUT2D eigenvalue weighted by Crippen LogP contribution is -2.15. The Hall–Kier alpha value is -2.83. The van der Waals surface area contributed by atoms with Crippen LogP contribution in [0.15, 0.2) is 42.5 Å². The van der Waals surface area contributed by atoms with Crippen LogP contribution in [0.3, 0.4) is 0 Å². The second-order valence-corrected chi connectivity index (χ2v) is 5.81. The van der Waals surface area contributed by atoms with Gasteiger partial charge in [0.1, 0.15) is 17.2 Å². The van der Waals surface area contributed by atoms with Crippen molar-refractivity contribution in [3.05, 3.63) is 48.0 Å². The molecule has 0 fully saturated rings. The molecule has 0 aromatic heterocycles. The van der Waals surface area contributed by atoms with E-state index in [4.69, 9.17) is 9.47 Å². The number of ether oxygens (including phenoxy) is 3. The summed E-state index contributed by atoms with van der Waals surface area (Å²) in [6.07, 6.45) is 1.90. The molecule has 2 rings (SSSR count). The maximum atomic E-state index is 12.4. The molecule has 0 saturated heterocycles. The third kappa shape index (κ3) is 6.77. The van der Waals surface area contributed by atoms with Crippen molar-refractivity contribution in [2.45, 2.75) is 32.8 Å². The normalized spacial score (nSPS) is 10.6. The van der Waals surface area contributed by atoms with E-state index in [1.807, 2.05) is 0 Å². The van der Waals surface area contributed by atoms with Crippen LogP contribution in [0.25, 0.3) is 0 Å². The Balaban J connectivity index is 2.07. The van der Waals surface area contributed by atoms with E-state index in [1.54, 1.807) is 30.3 Å². The van der Waals surface area contributed by atoms with Gasteiger partial charge >= 0.3 is 6.61 Å². The van der Waals surface area contributed by atoms with E-state index in [-0.39, 0.29) is 18.1 Å². The molecule has 0 atom stereocenters. The van der Waals surface area contributed by atoms with Crippen LogP contribution in [0.2, 0.25) is 0 Å². The fourth-order valence-electron chi connectivity index (χ4n) is 2.40. The average Bonchev–Trinajstić information content (AvgIpc) is 2.62. The van der Waals surface area contributed by atoms with Gasteiger partial charge in [0.15, 0.2) is 0 Å². The summed E-state index contributed by atoms with van der Waals surface area (Å²) in [6, 6.07) is 11.2. The highest BCUT2D eigenvalue weighted by Gasteiger charge is 2.12. The molecule has 2 aromatic carbocycles. The summed E-state index contributed by atoms with van der Waals surface area (Å²) < 4.78 is 39.9. The Kier molecular flexibility index (Phi) is 7.85. The van der Waals surface area contributed by atoms with Crippen LogP contribution in [-0.2, 0) is 11.2 Å². The van der Waals surface area contributed by atoms with Crippen LogP contribution in [0.1, 0.15) is 25.3 Å². The molecule has 27 heavy (non-hydrogen) atoms. The van der Waals surface area contributed by atoms with Crippen LogP contribution in [0, 0.1) is 0 Å². The Bertz CT molecular complexity index is 753. The maximum Gasteiger partial charge on any atom is 0.387 e. The van der Waals surface area contributed by atoms with Gasteiger partial charge in [0.25, 0.3) is 0 Å². The second kappa shape index (κ2) is 10.4. The molecule has 0 saturated carbocycles. The standard InChI is InChI=1S/C20H23F2NO4/c1-3-4-10-26-18-9-8-15(25-2)13-17(18)23-19(24)12-14-6-5-7-16(11-14)27-20(21)22/h5-9,11,13,20H,3-4,10,12H2,1-2H3,(H,23,24). The van der Waals surface area contributed by atoms with Crippen molar-refractivity contribution in [3.63, 3.8) is 0 Å². The Morgan fingerprint density at radius 3 is 2.67 bits per heavy atom. The van der Waals surface area contributed by atoms with E-state index in [2.05, 4.69) is 17.0 Å². The van der Waals surface area contributed by atoms with Gasteiger partial charge in [-0.25, -0.2) is 0 Å². The molecule has 0 aliphatic rings. The van der Waals surface area contributed by atoms with E-state index >= 15 is 0 Å². The zero-order valence-electron chi connectivity index (χ0n) is 15.3. The number of unbranched alkanes of at least 4 members (excludes halogenated alkanes) is 1. The lowest BCUT2D eigenvalue weighted by Gasteiger charge is -2.14. The minimum Gasteiger partial charge on any atom is -0.497 e. The molecule has 0 bridgehead atoms. The predicted octanol–water partition coefficient (Wildman–Crippen LogP) is 4.66. The van der Waals surface area contributed by atoms with Crippen molar-refractivity contribution in [2.24, 2.45) is 0 Å². The van der Waals surface area contributed by atoms with Gasteiger partial charge in [0.2, 0.25) is 5.91 Å². The van der Waals surface area contributed by atoms with E-state index in [0.717, 1.165) is 12.8 Å². The number of hydrogen-bond acceptors (Lipinski definition) is 4. The molecule has 2 aromatic rings. The molecule has 0 heterocycles. The summed E-state index contributed by atoms with van der Waals surface area (Å²) in [4.78, 5) is 12.4. The molecule has 7 heteroatoms. The molecular weight excluding hydrogens is 356 g/mol. The average molecular weight is 379 g/mol. The van der Waals surface area contributed by atoms with Crippen LogP contribution in [0.4, 0.5) is 14.5 Å². The molecule has 0 spiro atoms. The first-order valence-electron chi connectivity index (χ1n) is 8.66. The van der Waals surface area contributed by atoms with Gasteiger partial charge < -0.3 is 19.5 Å². The first-order chi connectivity index (χ1) is 13.0. The number of halogens is 2. The van der Waals surface area contributed by atoms with E-state index in [0.29, 0.717) is 29.4 Å². The highest BCUT2D eigenvalue weighted by molar-refractivity contribution is 5.94. The molecule has 0 radical (unpaired) electrons. The summed E-state index contributed by atoms with van der Waals surface area (Å²) >= 11 is 0. The number of carbonyl (C=O) groups is 1. The maximum absolute atomic E-state index is 12.4. The summed E-state index contributed by atoms with van der Waals surface area (Å²) in [5.74, 6) is 0.839. The molecule has 5 nitrogen and oxygen atoms in total. The van der Waals surface area contributed by atoms with Crippen LogP contribution in [-0.4, -0.2) is 26.2 Å². The van der Waals surface area contributed by atoms with Crippen molar-refractivity contribution < 1.29 is 27.8 Å². The van der Waals surface area contributed by atoms with E-state index < -0.39 is 6.61 Å². The summed E-state index contributed by atoms with van der Waals surface area (Å²) in [5, 5.41) is 2.79. The van der Waals surface area contributed by atoms with Gasteiger partial charge in [-0.3, -0.25) is 4.79 Å². The van der Waals surface area contributed by atoms with Crippen molar-refractivity contribution >= 4 is 11.6 Å². The fraction of sp³-hybridized carbons (Fsp3) is 0.350. The first-order valence-corrected chi connectivity index (χ1v) is 8.66. The van der Waals surface area contributed by atoms with Crippen LogP contribution < -0.4 is 19.5 Å². The zero-order valence-corrected chi connectivity index (χ0v) is 15.3.